The fraction of sp³-hybridized carbons (Fsp3) is 0.176. The molecule has 25 heavy (non-hydrogen) atoms. The number of carbonyl (C=O) groups excluding carboxylic acids is 1. The van der Waals surface area contributed by atoms with Crippen LogP contribution in [0.5, 0.6) is 17.2 Å². The number of hydrogen-bond donors (Lipinski definition) is 1. The average Bonchev–Trinajstić information content (AvgIpc) is 2.62. The fourth-order valence-corrected chi connectivity index (χ4v) is 2.41. The molecule has 2 aromatic rings. The van der Waals surface area contributed by atoms with E-state index in [0.29, 0.717) is 22.3 Å². The van der Waals surface area contributed by atoms with Crippen molar-refractivity contribution < 1.29 is 19.0 Å². The SMILES string of the molecule is COc1cc(Br)c(/C=N/NC(=O)COc2ccc(Cl)cc2)cc1OC. The summed E-state index contributed by atoms with van der Waals surface area (Å²) >= 11 is 9.19. The molecule has 0 radical (unpaired) electrons. The number of nitrogens with zero attached hydrogens (tertiary/aromatic N) is 1. The van der Waals surface area contributed by atoms with Crippen molar-refractivity contribution in [3.63, 3.8) is 0 Å². The van der Waals surface area contributed by atoms with Crippen molar-refractivity contribution in [2.45, 2.75) is 0 Å². The summed E-state index contributed by atoms with van der Waals surface area (Å²) in [6.45, 7) is -0.161. The summed E-state index contributed by atoms with van der Waals surface area (Å²) in [6, 6.07) is 10.2. The third-order valence-electron chi connectivity index (χ3n) is 3.08. The molecule has 1 N–H and O–H groups in total. The number of hydrazone groups is 1. The lowest BCUT2D eigenvalue weighted by atomic mass is 10.2. The molecule has 0 aromatic heterocycles. The predicted octanol–water partition coefficient (Wildman–Crippen LogP) is 3.65. The maximum atomic E-state index is 11.7. The predicted molar refractivity (Wildman–Crippen MR) is 99.9 cm³/mol. The van der Waals surface area contributed by atoms with Crippen molar-refractivity contribution in [2.75, 3.05) is 20.8 Å². The van der Waals surface area contributed by atoms with Gasteiger partial charge in [0.2, 0.25) is 0 Å². The first-order valence-electron chi connectivity index (χ1n) is 7.15. The normalized spacial score (nSPS) is 10.6. The Kier molecular flexibility index (Phi) is 7.09. The minimum absolute atomic E-state index is 0.161. The highest BCUT2D eigenvalue weighted by atomic mass is 79.9. The van der Waals surface area contributed by atoms with E-state index in [1.54, 1.807) is 50.6 Å². The summed E-state index contributed by atoms with van der Waals surface area (Å²) < 4.78 is 16.5. The molecule has 0 aliphatic carbocycles. The second-order valence-electron chi connectivity index (χ2n) is 4.76. The first kappa shape index (κ1) is 19.1. The average molecular weight is 428 g/mol. The van der Waals surface area contributed by atoms with E-state index in [1.807, 2.05) is 0 Å². The molecule has 2 rings (SSSR count). The zero-order valence-corrected chi connectivity index (χ0v) is 15.9. The monoisotopic (exact) mass is 426 g/mol. The van der Waals surface area contributed by atoms with Gasteiger partial charge in [-0.15, -0.1) is 0 Å². The van der Waals surface area contributed by atoms with Crippen LogP contribution in [0.15, 0.2) is 46.0 Å². The van der Waals surface area contributed by atoms with Crippen LogP contribution in [0, 0.1) is 0 Å². The second-order valence-corrected chi connectivity index (χ2v) is 6.06. The van der Waals surface area contributed by atoms with Gasteiger partial charge in [-0.3, -0.25) is 4.79 Å². The van der Waals surface area contributed by atoms with Gasteiger partial charge >= 0.3 is 0 Å². The van der Waals surface area contributed by atoms with Gasteiger partial charge < -0.3 is 14.2 Å². The Morgan fingerprint density at radius 2 is 1.84 bits per heavy atom. The van der Waals surface area contributed by atoms with Gasteiger partial charge in [0, 0.05) is 15.1 Å². The summed E-state index contributed by atoms with van der Waals surface area (Å²) in [7, 11) is 3.10. The Bertz CT molecular complexity index is 766. The molecule has 0 heterocycles. The molecule has 0 spiro atoms. The minimum atomic E-state index is -0.386. The Labute approximate surface area is 158 Å². The van der Waals surface area contributed by atoms with E-state index in [2.05, 4.69) is 26.5 Å². The number of amides is 1. The Morgan fingerprint density at radius 1 is 1.20 bits per heavy atom. The van der Waals surface area contributed by atoms with E-state index in [0.717, 1.165) is 10.0 Å². The van der Waals surface area contributed by atoms with Crippen molar-refractivity contribution in [3.8, 4) is 17.2 Å². The first-order chi connectivity index (χ1) is 12.0. The Balaban J connectivity index is 1.91. The molecule has 132 valence electrons. The molecule has 0 atom stereocenters. The van der Waals surface area contributed by atoms with E-state index < -0.39 is 0 Å². The molecule has 0 unspecified atom stereocenters. The second kappa shape index (κ2) is 9.29. The van der Waals surface area contributed by atoms with E-state index in [4.69, 9.17) is 25.8 Å². The first-order valence-corrected chi connectivity index (χ1v) is 8.32. The van der Waals surface area contributed by atoms with Crippen LogP contribution in [0.25, 0.3) is 0 Å². The van der Waals surface area contributed by atoms with Gasteiger partial charge in [-0.05, 0) is 52.3 Å². The topological polar surface area (TPSA) is 69.2 Å². The maximum absolute atomic E-state index is 11.7. The number of halogens is 2. The van der Waals surface area contributed by atoms with Crippen LogP contribution in [-0.4, -0.2) is 32.9 Å². The highest BCUT2D eigenvalue weighted by Gasteiger charge is 2.08. The Morgan fingerprint density at radius 3 is 2.48 bits per heavy atom. The van der Waals surface area contributed by atoms with E-state index in [-0.39, 0.29) is 12.5 Å². The molecule has 0 aliphatic rings. The van der Waals surface area contributed by atoms with Crippen molar-refractivity contribution in [1.82, 2.24) is 5.43 Å². The molecular formula is C17H16BrClN2O4. The van der Waals surface area contributed by atoms with Crippen molar-refractivity contribution in [2.24, 2.45) is 5.10 Å². The van der Waals surface area contributed by atoms with Crippen LogP contribution in [0.4, 0.5) is 0 Å². The molecule has 1 amide bonds. The third kappa shape index (κ3) is 5.65. The van der Waals surface area contributed by atoms with E-state index >= 15 is 0 Å². The molecule has 2 aromatic carbocycles. The van der Waals surface area contributed by atoms with Gasteiger partial charge in [0.25, 0.3) is 5.91 Å². The molecule has 0 bridgehead atoms. The van der Waals surface area contributed by atoms with Crippen LogP contribution >= 0.6 is 27.5 Å². The lowest BCUT2D eigenvalue weighted by molar-refractivity contribution is -0.123. The zero-order chi connectivity index (χ0) is 18.2. The van der Waals surface area contributed by atoms with Crippen molar-refractivity contribution >= 4 is 39.7 Å². The molecule has 0 saturated heterocycles. The third-order valence-corrected chi connectivity index (χ3v) is 4.02. The highest BCUT2D eigenvalue weighted by Crippen LogP contribution is 2.32. The largest absolute Gasteiger partial charge is 0.493 e. The van der Waals surface area contributed by atoms with Gasteiger partial charge in [-0.1, -0.05) is 11.6 Å². The van der Waals surface area contributed by atoms with Crippen molar-refractivity contribution in [3.05, 3.63) is 51.5 Å². The molecule has 8 heteroatoms. The molecular weight excluding hydrogens is 412 g/mol. The standard InChI is InChI=1S/C17H16BrClN2O4/c1-23-15-7-11(14(18)8-16(15)24-2)9-20-21-17(22)10-25-13-5-3-12(19)4-6-13/h3-9H,10H2,1-2H3,(H,21,22)/b20-9+. The quantitative estimate of drug-likeness (QED) is 0.541. The van der Waals surface area contributed by atoms with Gasteiger partial charge in [0.05, 0.1) is 20.4 Å². The van der Waals surface area contributed by atoms with Crippen LogP contribution in [0.3, 0.4) is 0 Å². The summed E-state index contributed by atoms with van der Waals surface area (Å²) in [5.41, 5.74) is 3.11. The molecule has 0 aliphatic heterocycles. The van der Waals surface area contributed by atoms with Crippen molar-refractivity contribution in [1.29, 1.82) is 0 Å². The Hall–Kier alpha value is -2.25. The number of rotatable bonds is 7. The summed E-state index contributed by atoms with van der Waals surface area (Å²) in [5.74, 6) is 1.31. The number of hydrogen-bond acceptors (Lipinski definition) is 5. The van der Waals surface area contributed by atoms with Crippen LogP contribution in [-0.2, 0) is 4.79 Å². The minimum Gasteiger partial charge on any atom is -0.493 e. The van der Waals surface area contributed by atoms with Crippen LogP contribution in [0.2, 0.25) is 5.02 Å². The number of ether oxygens (including phenoxy) is 3. The summed E-state index contributed by atoms with van der Waals surface area (Å²) in [6.07, 6.45) is 1.49. The number of benzene rings is 2. The molecule has 0 fully saturated rings. The van der Waals surface area contributed by atoms with Gasteiger partial charge in [-0.25, -0.2) is 5.43 Å². The smallest absolute Gasteiger partial charge is 0.277 e. The lowest BCUT2D eigenvalue weighted by Gasteiger charge is -2.09. The lowest BCUT2D eigenvalue weighted by Crippen LogP contribution is -2.24. The van der Waals surface area contributed by atoms with E-state index in [1.165, 1.54) is 6.21 Å². The molecule has 0 saturated carbocycles. The zero-order valence-electron chi connectivity index (χ0n) is 13.6. The molecule has 6 nitrogen and oxygen atoms in total. The fourth-order valence-electron chi connectivity index (χ4n) is 1.85. The van der Waals surface area contributed by atoms with Crippen LogP contribution in [0.1, 0.15) is 5.56 Å². The summed E-state index contributed by atoms with van der Waals surface area (Å²) in [5, 5.41) is 4.51. The van der Waals surface area contributed by atoms with Crippen LogP contribution < -0.4 is 19.6 Å². The van der Waals surface area contributed by atoms with Gasteiger partial charge in [0.15, 0.2) is 18.1 Å². The summed E-state index contributed by atoms with van der Waals surface area (Å²) in [4.78, 5) is 11.7. The highest BCUT2D eigenvalue weighted by molar-refractivity contribution is 9.10. The maximum Gasteiger partial charge on any atom is 0.277 e. The number of carbonyl (C=O) groups is 1. The number of methoxy groups -OCH3 is 2. The van der Waals surface area contributed by atoms with Gasteiger partial charge in [-0.2, -0.15) is 5.10 Å². The van der Waals surface area contributed by atoms with Gasteiger partial charge in [0.1, 0.15) is 5.75 Å². The van der Waals surface area contributed by atoms with E-state index in [9.17, 15) is 4.79 Å². The number of nitrogens with one attached hydrogen (secondary N) is 1.